The van der Waals surface area contributed by atoms with Gasteiger partial charge in [-0.3, -0.25) is 9.89 Å². The highest BCUT2D eigenvalue weighted by Gasteiger charge is 2.20. The second-order valence-corrected chi connectivity index (χ2v) is 7.35. The van der Waals surface area contributed by atoms with Crippen molar-refractivity contribution in [3.05, 3.63) is 0 Å². The Morgan fingerprint density at radius 2 is 1.78 bits per heavy atom. The van der Waals surface area contributed by atoms with Crippen molar-refractivity contribution in [2.24, 2.45) is 10.9 Å². The first-order valence-electron chi connectivity index (χ1n) is 9.60. The zero-order chi connectivity index (χ0) is 16.5. The summed E-state index contributed by atoms with van der Waals surface area (Å²) in [5.41, 5.74) is 0. The average Bonchev–Trinajstić information content (AvgIpc) is 2.59. The number of nitrogens with zero attached hydrogens (tertiary/aromatic N) is 3. The summed E-state index contributed by atoms with van der Waals surface area (Å²) in [6, 6.07) is 0.572. The molecule has 0 amide bonds. The molecule has 23 heavy (non-hydrogen) atoms. The lowest BCUT2D eigenvalue weighted by atomic mass is 9.98. The van der Waals surface area contributed by atoms with Crippen LogP contribution in [0, 0.1) is 5.92 Å². The second kappa shape index (κ2) is 10.1. The zero-order valence-electron chi connectivity index (χ0n) is 15.5. The molecule has 0 aromatic carbocycles. The normalized spacial score (nSPS) is 23.7. The fraction of sp³-hybridized carbons (Fsp3) is 0.944. The SMILES string of the molecule is CN=C(NCCN1CCCCC1)NCC(C)N1CCC(C)CC1. The van der Waals surface area contributed by atoms with Crippen LogP contribution in [-0.4, -0.2) is 74.7 Å². The lowest BCUT2D eigenvalue weighted by molar-refractivity contribution is 0.147. The van der Waals surface area contributed by atoms with Crippen molar-refractivity contribution in [1.82, 2.24) is 20.4 Å². The van der Waals surface area contributed by atoms with E-state index < -0.39 is 0 Å². The average molecular weight is 324 g/mol. The predicted octanol–water partition coefficient (Wildman–Crippen LogP) is 1.76. The minimum absolute atomic E-state index is 0.572. The van der Waals surface area contributed by atoms with Gasteiger partial charge in [0.2, 0.25) is 0 Å². The van der Waals surface area contributed by atoms with Crippen LogP contribution in [0.4, 0.5) is 0 Å². The summed E-state index contributed by atoms with van der Waals surface area (Å²) in [5.74, 6) is 1.84. The molecular formula is C18H37N5. The smallest absolute Gasteiger partial charge is 0.191 e. The van der Waals surface area contributed by atoms with E-state index in [1.807, 2.05) is 7.05 Å². The molecular weight excluding hydrogens is 286 g/mol. The van der Waals surface area contributed by atoms with E-state index >= 15 is 0 Å². The third-order valence-electron chi connectivity index (χ3n) is 5.40. The topological polar surface area (TPSA) is 42.9 Å². The Morgan fingerprint density at radius 1 is 1.09 bits per heavy atom. The summed E-state index contributed by atoms with van der Waals surface area (Å²) in [5, 5.41) is 6.95. The van der Waals surface area contributed by atoms with E-state index in [-0.39, 0.29) is 0 Å². The van der Waals surface area contributed by atoms with Gasteiger partial charge < -0.3 is 15.5 Å². The number of guanidine groups is 1. The minimum Gasteiger partial charge on any atom is -0.355 e. The Balaban J connectivity index is 1.60. The fourth-order valence-corrected chi connectivity index (χ4v) is 3.58. The van der Waals surface area contributed by atoms with E-state index in [9.17, 15) is 0 Å². The summed E-state index contributed by atoms with van der Waals surface area (Å²) >= 11 is 0. The molecule has 2 N–H and O–H groups in total. The van der Waals surface area contributed by atoms with E-state index in [1.54, 1.807) is 0 Å². The molecule has 2 rings (SSSR count). The number of likely N-dealkylation sites (tertiary alicyclic amines) is 2. The maximum absolute atomic E-state index is 4.36. The van der Waals surface area contributed by atoms with Crippen molar-refractivity contribution >= 4 is 5.96 Å². The van der Waals surface area contributed by atoms with Crippen LogP contribution in [0.2, 0.25) is 0 Å². The van der Waals surface area contributed by atoms with Crippen LogP contribution in [0.15, 0.2) is 4.99 Å². The quantitative estimate of drug-likeness (QED) is 0.577. The number of piperidine rings is 2. The van der Waals surface area contributed by atoms with Crippen LogP contribution in [0.3, 0.4) is 0 Å². The van der Waals surface area contributed by atoms with Gasteiger partial charge in [-0.1, -0.05) is 13.3 Å². The van der Waals surface area contributed by atoms with Crippen LogP contribution >= 0.6 is 0 Å². The molecule has 1 unspecified atom stereocenters. The number of hydrogen-bond donors (Lipinski definition) is 2. The van der Waals surface area contributed by atoms with E-state index in [1.165, 1.54) is 58.3 Å². The molecule has 0 spiro atoms. The van der Waals surface area contributed by atoms with Crippen molar-refractivity contribution in [2.75, 3.05) is 52.9 Å². The van der Waals surface area contributed by atoms with Gasteiger partial charge in [0.1, 0.15) is 0 Å². The number of nitrogens with one attached hydrogen (secondary N) is 2. The van der Waals surface area contributed by atoms with Gasteiger partial charge in [0.25, 0.3) is 0 Å². The number of hydrogen-bond acceptors (Lipinski definition) is 3. The molecule has 2 saturated heterocycles. The van der Waals surface area contributed by atoms with Gasteiger partial charge in [-0.05, 0) is 64.7 Å². The largest absolute Gasteiger partial charge is 0.355 e. The first-order chi connectivity index (χ1) is 11.2. The Hall–Kier alpha value is -0.810. The summed E-state index contributed by atoms with van der Waals surface area (Å²) in [6.45, 7) is 12.8. The van der Waals surface area contributed by atoms with Crippen LogP contribution < -0.4 is 10.6 Å². The highest BCUT2D eigenvalue weighted by atomic mass is 15.2. The Labute approximate surface area is 142 Å². The maximum atomic E-state index is 4.36. The Bertz CT molecular complexity index is 343. The number of rotatable bonds is 6. The van der Waals surface area contributed by atoms with Crippen LogP contribution in [-0.2, 0) is 0 Å². The summed E-state index contributed by atoms with van der Waals surface area (Å²) < 4.78 is 0. The van der Waals surface area contributed by atoms with Gasteiger partial charge in [0, 0.05) is 32.7 Å². The monoisotopic (exact) mass is 323 g/mol. The van der Waals surface area contributed by atoms with Gasteiger partial charge in [-0.25, -0.2) is 0 Å². The van der Waals surface area contributed by atoms with E-state index in [2.05, 4.69) is 39.3 Å². The van der Waals surface area contributed by atoms with Crippen molar-refractivity contribution in [1.29, 1.82) is 0 Å². The first kappa shape index (κ1) is 18.5. The van der Waals surface area contributed by atoms with Crippen molar-refractivity contribution in [3.8, 4) is 0 Å². The van der Waals surface area contributed by atoms with Gasteiger partial charge in [0.05, 0.1) is 0 Å². The van der Waals surface area contributed by atoms with E-state index in [0.717, 1.165) is 31.5 Å². The molecule has 1 atom stereocenters. The lowest BCUT2D eigenvalue weighted by Crippen LogP contribution is -2.49. The van der Waals surface area contributed by atoms with Gasteiger partial charge in [-0.15, -0.1) is 0 Å². The lowest BCUT2D eigenvalue weighted by Gasteiger charge is -2.35. The molecule has 134 valence electrons. The standard InChI is InChI=1S/C18H37N5/c1-16-7-12-23(13-8-16)17(2)15-21-18(19-3)20-9-14-22-10-5-4-6-11-22/h16-17H,4-15H2,1-3H3,(H2,19,20,21). The second-order valence-electron chi connectivity index (χ2n) is 7.35. The molecule has 2 aliphatic heterocycles. The van der Waals surface area contributed by atoms with E-state index in [4.69, 9.17) is 0 Å². The summed E-state index contributed by atoms with van der Waals surface area (Å²) in [4.78, 5) is 9.52. The highest BCUT2D eigenvalue weighted by Crippen LogP contribution is 2.17. The van der Waals surface area contributed by atoms with Crippen LogP contribution in [0.1, 0.15) is 46.0 Å². The molecule has 0 aliphatic carbocycles. The van der Waals surface area contributed by atoms with Gasteiger partial charge in [-0.2, -0.15) is 0 Å². The number of aliphatic imine (C=N–C) groups is 1. The van der Waals surface area contributed by atoms with Crippen molar-refractivity contribution < 1.29 is 0 Å². The molecule has 2 fully saturated rings. The summed E-state index contributed by atoms with van der Waals surface area (Å²) in [6.07, 6.45) is 6.80. The maximum Gasteiger partial charge on any atom is 0.191 e. The first-order valence-corrected chi connectivity index (χ1v) is 9.60. The minimum atomic E-state index is 0.572. The van der Waals surface area contributed by atoms with Crippen LogP contribution in [0.5, 0.6) is 0 Å². The molecule has 0 bridgehead atoms. The highest BCUT2D eigenvalue weighted by molar-refractivity contribution is 5.79. The Kier molecular flexibility index (Phi) is 8.17. The van der Waals surface area contributed by atoms with Crippen LogP contribution in [0.25, 0.3) is 0 Å². The zero-order valence-corrected chi connectivity index (χ0v) is 15.5. The molecule has 0 saturated carbocycles. The van der Waals surface area contributed by atoms with Gasteiger partial charge >= 0.3 is 0 Å². The molecule has 5 heteroatoms. The summed E-state index contributed by atoms with van der Waals surface area (Å²) in [7, 11) is 1.86. The molecule has 2 aliphatic rings. The fourth-order valence-electron chi connectivity index (χ4n) is 3.58. The molecule has 0 aromatic heterocycles. The van der Waals surface area contributed by atoms with Crippen molar-refractivity contribution in [2.45, 2.75) is 52.0 Å². The molecule has 0 radical (unpaired) electrons. The molecule has 2 heterocycles. The third kappa shape index (κ3) is 6.68. The third-order valence-corrected chi connectivity index (χ3v) is 5.40. The van der Waals surface area contributed by atoms with E-state index in [0.29, 0.717) is 6.04 Å². The molecule has 0 aromatic rings. The predicted molar refractivity (Wildman–Crippen MR) is 99.1 cm³/mol. The van der Waals surface area contributed by atoms with Crippen molar-refractivity contribution in [3.63, 3.8) is 0 Å². The van der Waals surface area contributed by atoms with Gasteiger partial charge in [0.15, 0.2) is 5.96 Å². The Morgan fingerprint density at radius 3 is 2.43 bits per heavy atom. The molecule has 5 nitrogen and oxygen atoms in total.